The molecule has 1 aliphatic rings. The molecule has 1 aromatic carbocycles. The topological polar surface area (TPSA) is 38.7 Å². The third-order valence-electron chi connectivity index (χ3n) is 3.84. The van der Waals surface area contributed by atoms with Gasteiger partial charge in [0.1, 0.15) is 21.7 Å². The standard InChI is InChI=1S/C17H20O3S3/c1-19-13-9-12(10-14(11-13)20-2)16(18)17(15-5-3-6-21-15)22-7-4-8-23-17/h3,5-6,9-11,16,18H,4,7-8H2,1-2H3. The van der Waals surface area contributed by atoms with Crippen LogP contribution >= 0.6 is 34.9 Å². The van der Waals surface area contributed by atoms with Gasteiger partial charge in [0.15, 0.2) is 0 Å². The molecule has 1 fully saturated rings. The summed E-state index contributed by atoms with van der Waals surface area (Å²) in [5.41, 5.74) is 0.830. The number of aliphatic hydroxyl groups is 1. The van der Waals surface area contributed by atoms with E-state index in [2.05, 4.69) is 17.5 Å². The molecule has 1 N–H and O–H groups in total. The summed E-state index contributed by atoms with van der Waals surface area (Å²) >= 11 is 5.39. The minimum absolute atomic E-state index is 0.357. The number of thioether (sulfide) groups is 2. The van der Waals surface area contributed by atoms with E-state index in [1.165, 1.54) is 11.3 Å². The largest absolute Gasteiger partial charge is 0.497 e. The molecular formula is C17H20O3S3. The summed E-state index contributed by atoms with van der Waals surface area (Å²) < 4.78 is 10.4. The Morgan fingerprint density at radius 2 is 1.74 bits per heavy atom. The summed E-state index contributed by atoms with van der Waals surface area (Å²) in [4.78, 5) is 1.21. The molecule has 0 amide bonds. The molecule has 3 nitrogen and oxygen atoms in total. The van der Waals surface area contributed by atoms with Gasteiger partial charge in [0.25, 0.3) is 0 Å². The average Bonchev–Trinajstić information content (AvgIpc) is 3.16. The van der Waals surface area contributed by atoms with Crippen LogP contribution in [0.2, 0.25) is 0 Å². The highest BCUT2D eigenvalue weighted by molar-refractivity contribution is 8.18. The van der Waals surface area contributed by atoms with Crippen molar-refractivity contribution in [2.75, 3.05) is 25.7 Å². The van der Waals surface area contributed by atoms with Crippen LogP contribution in [0, 0.1) is 0 Å². The van der Waals surface area contributed by atoms with Crippen molar-refractivity contribution in [1.29, 1.82) is 0 Å². The number of benzene rings is 1. The van der Waals surface area contributed by atoms with E-state index in [4.69, 9.17) is 9.47 Å². The number of hydrogen-bond acceptors (Lipinski definition) is 6. The van der Waals surface area contributed by atoms with E-state index >= 15 is 0 Å². The zero-order valence-electron chi connectivity index (χ0n) is 13.2. The smallest absolute Gasteiger partial charge is 0.125 e. The van der Waals surface area contributed by atoms with Crippen LogP contribution in [0.15, 0.2) is 35.7 Å². The third kappa shape index (κ3) is 3.36. The van der Waals surface area contributed by atoms with Gasteiger partial charge < -0.3 is 14.6 Å². The van der Waals surface area contributed by atoms with Gasteiger partial charge in [0, 0.05) is 10.9 Å². The van der Waals surface area contributed by atoms with Crippen molar-refractivity contribution in [3.05, 3.63) is 46.2 Å². The molecule has 0 saturated carbocycles. The molecule has 124 valence electrons. The van der Waals surface area contributed by atoms with E-state index < -0.39 is 6.10 Å². The van der Waals surface area contributed by atoms with Crippen LogP contribution in [0.1, 0.15) is 23.0 Å². The Kier molecular flexibility index (Phi) is 5.46. The van der Waals surface area contributed by atoms with E-state index in [1.807, 2.05) is 41.7 Å². The van der Waals surface area contributed by atoms with Crippen LogP contribution in [-0.2, 0) is 4.08 Å². The lowest BCUT2D eigenvalue weighted by Gasteiger charge is -2.39. The second-order valence-electron chi connectivity index (χ2n) is 5.24. The highest BCUT2D eigenvalue weighted by Crippen LogP contribution is 2.58. The Morgan fingerprint density at radius 3 is 2.26 bits per heavy atom. The Morgan fingerprint density at radius 1 is 1.09 bits per heavy atom. The van der Waals surface area contributed by atoms with Crippen LogP contribution in [0.3, 0.4) is 0 Å². The van der Waals surface area contributed by atoms with Gasteiger partial charge in [-0.2, -0.15) is 0 Å². The summed E-state index contributed by atoms with van der Waals surface area (Å²) in [7, 11) is 3.26. The second-order valence-corrected chi connectivity index (χ2v) is 9.13. The Bertz CT molecular complexity index is 614. The second kappa shape index (κ2) is 7.38. The summed E-state index contributed by atoms with van der Waals surface area (Å²) in [5, 5.41) is 13.3. The molecule has 2 heterocycles. The van der Waals surface area contributed by atoms with Crippen LogP contribution in [-0.4, -0.2) is 30.8 Å². The number of ether oxygens (including phenoxy) is 2. The third-order valence-corrected chi connectivity index (χ3v) is 8.54. The fourth-order valence-corrected chi connectivity index (χ4v) is 7.25. The van der Waals surface area contributed by atoms with E-state index in [1.54, 1.807) is 25.6 Å². The number of methoxy groups -OCH3 is 2. The van der Waals surface area contributed by atoms with Crippen molar-refractivity contribution in [3.8, 4) is 11.5 Å². The molecule has 1 aliphatic heterocycles. The molecule has 0 radical (unpaired) electrons. The first-order valence-electron chi connectivity index (χ1n) is 7.42. The number of rotatable bonds is 5. The lowest BCUT2D eigenvalue weighted by molar-refractivity contribution is 0.163. The molecule has 23 heavy (non-hydrogen) atoms. The fourth-order valence-electron chi connectivity index (χ4n) is 2.67. The van der Waals surface area contributed by atoms with Crippen LogP contribution in [0.4, 0.5) is 0 Å². The lowest BCUT2D eigenvalue weighted by Crippen LogP contribution is -2.29. The first-order valence-corrected chi connectivity index (χ1v) is 10.3. The van der Waals surface area contributed by atoms with Crippen molar-refractivity contribution in [3.63, 3.8) is 0 Å². The van der Waals surface area contributed by atoms with Gasteiger partial charge in [-0.25, -0.2) is 0 Å². The number of aliphatic hydroxyl groups excluding tert-OH is 1. The first-order chi connectivity index (χ1) is 11.2. The molecular weight excluding hydrogens is 348 g/mol. The maximum Gasteiger partial charge on any atom is 0.125 e. The molecule has 2 aromatic rings. The van der Waals surface area contributed by atoms with Crippen molar-refractivity contribution in [2.45, 2.75) is 16.6 Å². The van der Waals surface area contributed by atoms with Crippen molar-refractivity contribution < 1.29 is 14.6 Å². The number of hydrogen-bond donors (Lipinski definition) is 1. The van der Waals surface area contributed by atoms with Crippen LogP contribution in [0.25, 0.3) is 0 Å². The quantitative estimate of drug-likeness (QED) is 0.840. The summed E-state index contributed by atoms with van der Waals surface area (Å²) in [5.74, 6) is 3.52. The Balaban J connectivity index is 2.03. The molecule has 6 heteroatoms. The number of thiophene rings is 1. The highest BCUT2D eigenvalue weighted by atomic mass is 32.2. The van der Waals surface area contributed by atoms with Crippen molar-refractivity contribution in [2.24, 2.45) is 0 Å². The average molecular weight is 369 g/mol. The van der Waals surface area contributed by atoms with Gasteiger partial charge in [0.2, 0.25) is 0 Å². The zero-order valence-corrected chi connectivity index (χ0v) is 15.6. The molecule has 1 saturated heterocycles. The minimum atomic E-state index is -0.625. The Labute approximate surface area is 149 Å². The molecule has 3 rings (SSSR count). The molecule has 1 aromatic heterocycles. The lowest BCUT2D eigenvalue weighted by atomic mass is 10.0. The molecule has 1 unspecified atom stereocenters. The predicted molar refractivity (Wildman–Crippen MR) is 100 cm³/mol. The fraction of sp³-hybridized carbons (Fsp3) is 0.412. The molecule has 0 aliphatic carbocycles. The van der Waals surface area contributed by atoms with Gasteiger partial charge >= 0.3 is 0 Å². The molecule has 0 bridgehead atoms. The molecule has 0 spiro atoms. The van der Waals surface area contributed by atoms with E-state index in [0.29, 0.717) is 11.5 Å². The monoisotopic (exact) mass is 368 g/mol. The van der Waals surface area contributed by atoms with Crippen molar-refractivity contribution in [1.82, 2.24) is 0 Å². The van der Waals surface area contributed by atoms with E-state index in [-0.39, 0.29) is 4.08 Å². The minimum Gasteiger partial charge on any atom is -0.497 e. The van der Waals surface area contributed by atoms with Crippen molar-refractivity contribution >= 4 is 34.9 Å². The normalized spacial score (nSPS) is 18.4. The van der Waals surface area contributed by atoms with Crippen LogP contribution in [0.5, 0.6) is 11.5 Å². The van der Waals surface area contributed by atoms with Gasteiger partial charge in [-0.1, -0.05) is 6.07 Å². The van der Waals surface area contributed by atoms with Crippen LogP contribution < -0.4 is 9.47 Å². The van der Waals surface area contributed by atoms with Gasteiger partial charge in [-0.05, 0) is 47.1 Å². The highest BCUT2D eigenvalue weighted by Gasteiger charge is 2.44. The van der Waals surface area contributed by atoms with Gasteiger partial charge in [0.05, 0.1) is 14.2 Å². The first kappa shape index (κ1) is 17.0. The summed E-state index contributed by atoms with van der Waals surface area (Å²) in [6, 6.07) is 9.80. The van der Waals surface area contributed by atoms with Gasteiger partial charge in [-0.3, -0.25) is 0 Å². The maximum atomic E-state index is 11.3. The SMILES string of the molecule is COc1cc(OC)cc(C(O)C2(c3cccs3)SCCCS2)c1. The summed E-state index contributed by atoms with van der Waals surface area (Å²) in [6.07, 6.45) is 0.553. The maximum absolute atomic E-state index is 11.3. The summed E-state index contributed by atoms with van der Waals surface area (Å²) in [6.45, 7) is 0. The Hall–Kier alpha value is -0.820. The van der Waals surface area contributed by atoms with Gasteiger partial charge in [-0.15, -0.1) is 34.9 Å². The van der Waals surface area contributed by atoms with E-state index in [0.717, 1.165) is 17.1 Å². The molecule has 1 atom stereocenters. The predicted octanol–water partition coefficient (Wildman–Crippen LogP) is 4.52. The zero-order chi connectivity index (χ0) is 16.3. The van der Waals surface area contributed by atoms with E-state index in [9.17, 15) is 5.11 Å².